The highest BCUT2D eigenvalue weighted by Crippen LogP contribution is 2.49. The number of fused-ring (bicyclic) bond motifs is 1. The van der Waals surface area contributed by atoms with Crippen molar-refractivity contribution in [3.63, 3.8) is 0 Å². The topological polar surface area (TPSA) is 54.1 Å². The van der Waals surface area contributed by atoms with Crippen LogP contribution in [0.25, 0.3) is 10.9 Å². The van der Waals surface area contributed by atoms with Crippen LogP contribution in [0.3, 0.4) is 0 Å². The summed E-state index contributed by atoms with van der Waals surface area (Å²) in [7, 11) is 1.65. The van der Waals surface area contributed by atoms with Gasteiger partial charge in [0.05, 0.1) is 12.5 Å². The molecule has 0 atom stereocenters. The predicted molar refractivity (Wildman–Crippen MR) is 110 cm³/mol. The van der Waals surface area contributed by atoms with Gasteiger partial charge in [0.15, 0.2) is 0 Å². The number of benzene rings is 2. The van der Waals surface area contributed by atoms with E-state index in [1.807, 2.05) is 42.5 Å². The Kier molecular flexibility index (Phi) is 4.02. The molecule has 0 aliphatic heterocycles. The summed E-state index contributed by atoms with van der Waals surface area (Å²) in [5.41, 5.74) is 3.84. The first-order chi connectivity index (χ1) is 12.8. The predicted octanol–water partition coefficient (Wildman–Crippen LogP) is 5.14. The first kappa shape index (κ1) is 17.7. The quantitative estimate of drug-likeness (QED) is 0.675. The fraction of sp³-hybridized carbons (Fsp3) is 0.348. The largest absolute Gasteiger partial charge is 0.497 e. The lowest BCUT2D eigenvalue weighted by atomic mass is 9.92. The number of amides is 1. The number of ether oxygens (including phenoxy) is 1. The number of aromatic nitrogens is 1. The van der Waals surface area contributed by atoms with Crippen molar-refractivity contribution in [1.82, 2.24) is 4.98 Å². The summed E-state index contributed by atoms with van der Waals surface area (Å²) in [5.74, 6) is 0.876. The summed E-state index contributed by atoms with van der Waals surface area (Å²) in [6, 6.07) is 16.0. The molecule has 2 N–H and O–H groups in total. The van der Waals surface area contributed by atoms with Gasteiger partial charge in [0.25, 0.3) is 0 Å². The minimum atomic E-state index is -0.407. The molecule has 140 valence electrons. The summed E-state index contributed by atoms with van der Waals surface area (Å²) in [4.78, 5) is 16.5. The van der Waals surface area contributed by atoms with Crippen LogP contribution in [0.5, 0.6) is 5.75 Å². The van der Waals surface area contributed by atoms with Crippen LogP contribution in [0.1, 0.15) is 44.9 Å². The SMILES string of the molecule is COc1ccc(C2(C(=O)Nc3ccc4[nH]c(C(C)(C)C)cc4c3)CC2)cc1. The van der Waals surface area contributed by atoms with Gasteiger partial charge in [-0.1, -0.05) is 32.9 Å². The number of hydrogen-bond donors (Lipinski definition) is 2. The van der Waals surface area contributed by atoms with Gasteiger partial charge in [0.2, 0.25) is 5.91 Å². The number of H-pyrrole nitrogens is 1. The van der Waals surface area contributed by atoms with E-state index in [-0.39, 0.29) is 11.3 Å². The van der Waals surface area contributed by atoms with Gasteiger partial charge in [-0.05, 0) is 54.8 Å². The number of methoxy groups -OCH3 is 1. The van der Waals surface area contributed by atoms with Crippen molar-refractivity contribution in [3.8, 4) is 5.75 Å². The van der Waals surface area contributed by atoms with Crippen LogP contribution in [0.2, 0.25) is 0 Å². The molecule has 0 radical (unpaired) electrons. The first-order valence-corrected chi connectivity index (χ1v) is 9.41. The van der Waals surface area contributed by atoms with Gasteiger partial charge in [-0.15, -0.1) is 0 Å². The summed E-state index contributed by atoms with van der Waals surface area (Å²) in [5, 5.41) is 4.25. The lowest BCUT2D eigenvalue weighted by Crippen LogP contribution is -2.27. The molecule has 1 amide bonds. The standard InChI is InChI=1S/C23H26N2O2/c1-22(2,3)20-14-15-13-17(7-10-19(15)25-20)24-21(26)23(11-12-23)16-5-8-18(27-4)9-6-16/h5-10,13-14,25H,11-12H2,1-4H3,(H,24,26). The Morgan fingerprint density at radius 3 is 2.37 bits per heavy atom. The van der Waals surface area contributed by atoms with Crippen LogP contribution >= 0.6 is 0 Å². The normalized spacial score (nSPS) is 15.6. The van der Waals surface area contributed by atoms with E-state index < -0.39 is 5.41 Å². The van der Waals surface area contributed by atoms with Crippen LogP contribution in [0.4, 0.5) is 5.69 Å². The molecule has 1 aromatic heterocycles. The van der Waals surface area contributed by atoms with Gasteiger partial charge in [-0.3, -0.25) is 4.79 Å². The minimum absolute atomic E-state index is 0.0644. The molecule has 1 fully saturated rings. The van der Waals surface area contributed by atoms with Gasteiger partial charge in [-0.2, -0.15) is 0 Å². The lowest BCUT2D eigenvalue weighted by molar-refractivity contribution is -0.118. The van der Waals surface area contributed by atoms with E-state index in [2.05, 4.69) is 37.1 Å². The van der Waals surface area contributed by atoms with Crippen LogP contribution in [-0.2, 0) is 15.6 Å². The van der Waals surface area contributed by atoms with Gasteiger partial charge in [0.1, 0.15) is 5.75 Å². The molecule has 27 heavy (non-hydrogen) atoms. The maximum Gasteiger partial charge on any atom is 0.235 e. The number of rotatable bonds is 4. The monoisotopic (exact) mass is 362 g/mol. The number of nitrogens with one attached hydrogen (secondary N) is 2. The Morgan fingerprint density at radius 1 is 1.07 bits per heavy atom. The van der Waals surface area contributed by atoms with E-state index in [1.165, 1.54) is 5.69 Å². The Morgan fingerprint density at radius 2 is 1.78 bits per heavy atom. The second kappa shape index (κ2) is 6.15. The summed E-state index contributed by atoms with van der Waals surface area (Å²) < 4.78 is 5.22. The number of aromatic amines is 1. The van der Waals surface area contributed by atoms with Gasteiger partial charge in [-0.25, -0.2) is 0 Å². The second-order valence-electron chi connectivity index (χ2n) is 8.50. The minimum Gasteiger partial charge on any atom is -0.497 e. The average Bonchev–Trinajstić information content (AvgIpc) is 3.34. The van der Waals surface area contributed by atoms with Crippen LogP contribution in [-0.4, -0.2) is 18.0 Å². The molecule has 1 heterocycles. The molecule has 1 saturated carbocycles. The summed E-state index contributed by atoms with van der Waals surface area (Å²) in [6.45, 7) is 6.56. The van der Waals surface area contributed by atoms with E-state index in [0.717, 1.165) is 40.7 Å². The van der Waals surface area contributed by atoms with E-state index >= 15 is 0 Å². The number of hydrogen-bond acceptors (Lipinski definition) is 2. The van der Waals surface area contributed by atoms with Crippen molar-refractivity contribution in [1.29, 1.82) is 0 Å². The molecule has 3 aromatic rings. The average molecular weight is 362 g/mol. The first-order valence-electron chi connectivity index (χ1n) is 9.41. The van der Waals surface area contributed by atoms with Crippen molar-refractivity contribution in [2.24, 2.45) is 0 Å². The van der Waals surface area contributed by atoms with Gasteiger partial charge >= 0.3 is 0 Å². The molecule has 4 heteroatoms. The number of carbonyl (C=O) groups is 1. The van der Waals surface area contributed by atoms with Crippen molar-refractivity contribution < 1.29 is 9.53 Å². The zero-order chi connectivity index (χ0) is 19.2. The zero-order valence-corrected chi connectivity index (χ0v) is 16.3. The maximum atomic E-state index is 13.0. The molecule has 0 spiro atoms. The molecular weight excluding hydrogens is 336 g/mol. The third-order valence-corrected chi connectivity index (χ3v) is 5.51. The fourth-order valence-corrected chi connectivity index (χ4v) is 3.55. The summed E-state index contributed by atoms with van der Waals surface area (Å²) in [6.07, 6.45) is 1.76. The Balaban J connectivity index is 1.57. The van der Waals surface area contributed by atoms with E-state index in [1.54, 1.807) is 7.11 Å². The number of carbonyl (C=O) groups excluding carboxylic acids is 1. The highest BCUT2D eigenvalue weighted by Gasteiger charge is 2.51. The third kappa shape index (κ3) is 3.20. The lowest BCUT2D eigenvalue weighted by Gasteiger charge is -2.16. The molecule has 0 unspecified atom stereocenters. The Bertz CT molecular complexity index is 989. The molecule has 1 aliphatic rings. The highest BCUT2D eigenvalue weighted by molar-refractivity contribution is 6.02. The van der Waals surface area contributed by atoms with E-state index in [4.69, 9.17) is 4.74 Å². The molecular formula is C23H26N2O2. The zero-order valence-electron chi connectivity index (χ0n) is 16.3. The Labute approximate surface area is 159 Å². The third-order valence-electron chi connectivity index (χ3n) is 5.51. The highest BCUT2D eigenvalue weighted by atomic mass is 16.5. The smallest absolute Gasteiger partial charge is 0.235 e. The molecule has 0 saturated heterocycles. The van der Waals surface area contributed by atoms with Crippen molar-refractivity contribution in [2.45, 2.75) is 44.4 Å². The molecule has 1 aliphatic carbocycles. The van der Waals surface area contributed by atoms with Crippen molar-refractivity contribution in [2.75, 3.05) is 12.4 Å². The van der Waals surface area contributed by atoms with Crippen LogP contribution < -0.4 is 10.1 Å². The van der Waals surface area contributed by atoms with Gasteiger partial charge in [0, 0.05) is 27.7 Å². The molecule has 4 rings (SSSR count). The van der Waals surface area contributed by atoms with Crippen LogP contribution in [0, 0.1) is 0 Å². The fourth-order valence-electron chi connectivity index (χ4n) is 3.55. The van der Waals surface area contributed by atoms with E-state index in [0.29, 0.717) is 0 Å². The summed E-state index contributed by atoms with van der Waals surface area (Å²) >= 11 is 0. The van der Waals surface area contributed by atoms with E-state index in [9.17, 15) is 4.79 Å². The molecule has 2 aromatic carbocycles. The van der Waals surface area contributed by atoms with Crippen molar-refractivity contribution >= 4 is 22.5 Å². The number of anilines is 1. The van der Waals surface area contributed by atoms with Gasteiger partial charge < -0.3 is 15.0 Å². The Hall–Kier alpha value is -2.75. The maximum absolute atomic E-state index is 13.0. The van der Waals surface area contributed by atoms with Crippen LogP contribution in [0.15, 0.2) is 48.5 Å². The molecule has 4 nitrogen and oxygen atoms in total. The van der Waals surface area contributed by atoms with Crippen molar-refractivity contribution in [3.05, 3.63) is 59.8 Å². The second-order valence-corrected chi connectivity index (χ2v) is 8.50. The molecule has 0 bridgehead atoms.